The smallest absolute Gasteiger partial charge is 0.342 e. The highest BCUT2D eigenvalue weighted by molar-refractivity contribution is 5.89. The van der Waals surface area contributed by atoms with E-state index in [0.717, 1.165) is 6.08 Å². The van der Waals surface area contributed by atoms with Crippen molar-refractivity contribution in [1.29, 1.82) is 0 Å². The van der Waals surface area contributed by atoms with Crippen LogP contribution in [0.2, 0.25) is 0 Å². The van der Waals surface area contributed by atoms with E-state index in [9.17, 15) is 14.4 Å². The van der Waals surface area contributed by atoms with Crippen molar-refractivity contribution >= 4 is 17.7 Å². The molecule has 0 bridgehead atoms. The summed E-state index contributed by atoms with van der Waals surface area (Å²) in [4.78, 5) is 40.0. The van der Waals surface area contributed by atoms with Crippen LogP contribution in [0.1, 0.15) is 19.3 Å². The van der Waals surface area contributed by atoms with Crippen molar-refractivity contribution in [2.24, 2.45) is 0 Å². The Bertz CT molecular complexity index is 257. The molecule has 0 saturated heterocycles. The second-order valence-corrected chi connectivity index (χ2v) is 2.59. The van der Waals surface area contributed by atoms with Gasteiger partial charge in [-0.05, 0) is 6.08 Å². The van der Waals surface area contributed by atoms with Crippen LogP contribution in [0, 0.1) is 0 Å². The molecule has 0 heterocycles. The first kappa shape index (κ1) is 13.3. The monoisotopic (exact) mass is 216 g/mol. The quantitative estimate of drug-likeness (QED) is 0.274. The van der Waals surface area contributed by atoms with Gasteiger partial charge in [0.2, 0.25) is 0 Å². The second-order valence-electron chi connectivity index (χ2n) is 2.59. The minimum atomic E-state index is -1.09. The molecule has 0 amide bonds. The fraction of sp³-hybridized carbons (Fsp3) is 0.444. The summed E-state index contributed by atoms with van der Waals surface area (Å²) < 4.78 is 0. The summed E-state index contributed by atoms with van der Waals surface area (Å²) in [6, 6.07) is 0. The van der Waals surface area contributed by atoms with Crippen LogP contribution in [0.25, 0.3) is 0 Å². The Hall–Kier alpha value is -1.69. The summed E-state index contributed by atoms with van der Waals surface area (Å²) >= 11 is 0. The fourth-order valence-corrected chi connectivity index (χ4v) is 0.602. The highest BCUT2D eigenvalue weighted by atomic mass is 17.2. The molecule has 0 rings (SSSR count). The lowest BCUT2D eigenvalue weighted by Crippen LogP contribution is -2.10. The Balaban J connectivity index is 3.43. The van der Waals surface area contributed by atoms with Gasteiger partial charge in [0.1, 0.15) is 6.61 Å². The number of allylic oxidation sites excluding steroid dienone is 1. The van der Waals surface area contributed by atoms with Crippen LogP contribution in [0.5, 0.6) is 0 Å². The van der Waals surface area contributed by atoms with Crippen molar-refractivity contribution in [3.63, 3.8) is 0 Å². The Morgan fingerprint density at radius 3 is 2.40 bits per heavy atom. The van der Waals surface area contributed by atoms with Gasteiger partial charge in [-0.15, -0.1) is 0 Å². The van der Waals surface area contributed by atoms with Crippen LogP contribution in [-0.2, 0) is 24.2 Å². The van der Waals surface area contributed by atoms with E-state index in [2.05, 4.69) is 16.4 Å². The molecule has 1 N–H and O–H groups in total. The lowest BCUT2D eigenvalue weighted by atomic mass is 10.3. The van der Waals surface area contributed by atoms with Crippen LogP contribution in [-0.4, -0.2) is 29.4 Å². The van der Waals surface area contributed by atoms with Gasteiger partial charge < -0.3 is 5.11 Å². The van der Waals surface area contributed by atoms with Gasteiger partial charge in [0.25, 0.3) is 0 Å². The molecule has 0 unspecified atom stereocenters. The molecule has 6 heteroatoms. The van der Waals surface area contributed by atoms with E-state index in [-0.39, 0.29) is 31.7 Å². The van der Waals surface area contributed by atoms with Gasteiger partial charge in [-0.3, -0.25) is 14.5 Å². The van der Waals surface area contributed by atoms with E-state index in [0.29, 0.717) is 0 Å². The summed E-state index contributed by atoms with van der Waals surface area (Å²) in [6.07, 6.45) is 0.629. The van der Waals surface area contributed by atoms with Crippen molar-refractivity contribution < 1.29 is 29.3 Å². The minimum absolute atomic E-state index is 0.0652. The summed E-state index contributed by atoms with van der Waals surface area (Å²) in [5, 5.41) is 8.23. The Kier molecular flexibility index (Phi) is 6.82. The first-order valence-corrected chi connectivity index (χ1v) is 4.25. The van der Waals surface area contributed by atoms with Crippen LogP contribution < -0.4 is 0 Å². The standard InChI is InChI=1S/C9H12O6/c1-2-7(10)5-6-14-15-9(13)4-3-8(11)12/h2H,1,3-6H2,(H,11,12). The van der Waals surface area contributed by atoms with Gasteiger partial charge in [0, 0.05) is 6.42 Å². The number of carbonyl (C=O) groups excluding carboxylic acids is 2. The molecule has 0 aromatic carbocycles. The summed E-state index contributed by atoms with van der Waals surface area (Å²) in [5.41, 5.74) is 0. The molecule has 0 radical (unpaired) electrons. The number of hydrogen-bond acceptors (Lipinski definition) is 5. The lowest BCUT2D eigenvalue weighted by Gasteiger charge is -2.01. The molecule has 0 saturated carbocycles. The minimum Gasteiger partial charge on any atom is -0.481 e. The number of carboxylic acids is 1. The van der Waals surface area contributed by atoms with Crippen molar-refractivity contribution in [1.82, 2.24) is 0 Å². The molecule has 0 aromatic heterocycles. The van der Waals surface area contributed by atoms with Gasteiger partial charge in [0.15, 0.2) is 5.78 Å². The molecule has 0 aliphatic heterocycles. The molecule has 0 aliphatic carbocycles. The predicted octanol–water partition coefficient (Wildman–Crippen LogP) is 0.471. The molecule has 0 spiro atoms. The molecule has 6 nitrogen and oxygen atoms in total. The van der Waals surface area contributed by atoms with E-state index in [1.807, 2.05) is 0 Å². The summed E-state index contributed by atoms with van der Waals surface area (Å²) in [5.74, 6) is -2.09. The molecule has 0 aromatic rings. The largest absolute Gasteiger partial charge is 0.481 e. The Labute approximate surface area is 86.4 Å². The lowest BCUT2D eigenvalue weighted by molar-refractivity contribution is -0.272. The zero-order chi connectivity index (χ0) is 11.7. The fourth-order valence-electron chi connectivity index (χ4n) is 0.602. The molecule has 0 atom stereocenters. The van der Waals surface area contributed by atoms with Gasteiger partial charge in [-0.2, -0.15) is 4.89 Å². The Morgan fingerprint density at radius 1 is 1.20 bits per heavy atom. The van der Waals surface area contributed by atoms with Gasteiger partial charge in [-0.1, -0.05) is 6.58 Å². The third kappa shape index (κ3) is 8.63. The molecule has 15 heavy (non-hydrogen) atoms. The molecule has 0 fully saturated rings. The number of ketones is 1. The third-order valence-corrected chi connectivity index (χ3v) is 1.35. The molecular formula is C9H12O6. The van der Waals surface area contributed by atoms with E-state index in [1.54, 1.807) is 0 Å². The van der Waals surface area contributed by atoms with Crippen LogP contribution in [0.3, 0.4) is 0 Å². The molecule has 0 aliphatic rings. The number of carboxylic acid groups (broad SMARTS) is 1. The molecular weight excluding hydrogens is 204 g/mol. The van der Waals surface area contributed by atoms with Crippen LogP contribution in [0.4, 0.5) is 0 Å². The predicted molar refractivity (Wildman–Crippen MR) is 48.7 cm³/mol. The zero-order valence-corrected chi connectivity index (χ0v) is 8.10. The SMILES string of the molecule is C=CC(=O)CCOOC(=O)CCC(=O)O. The Morgan fingerprint density at radius 2 is 1.87 bits per heavy atom. The van der Waals surface area contributed by atoms with Gasteiger partial charge in [0.05, 0.1) is 12.8 Å². The van der Waals surface area contributed by atoms with Crippen LogP contribution >= 0.6 is 0 Å². The highest BCUT2D eigenvalue weighted by Crippen LogP contribution is 1.95. The summed E-state index contributed by atoms with van der Waals surface area (Å²) in [6.45, 7) is 3.18. The van der Waals surface area contributed by atoms with E-state index < -0.39 is 11.9 Å². The molecule has 84 valence electrons. The van der Waals surface area contributed by atoms with Crippen LogP contribution in [0.15, 0.2) is 12.7 Å². The number of aliphatic carboxylic acids is 1. The van der Waals surface area contributed by atoms with Crippen molar-refractivity contribution in [3.05, 3.63) is 12.7 Å². The maximum atomic E-state index is 10.7. The zero-order valence-electron chi connectivity index (χ0n) is 8.10. The first-order valence-electron chi connectivity index (χ1n) is 4.25. The highest BCUT2D eigenvalue weighted by Gasteiger charge is 2.07. The van der Waals surface area contributed by atoms with E-state index in [4.69, 9.17) is 5.11 Å². The maximum absolute atomic E-state index is 10.7. The van der Waals surface area contributed by atoms with Crippen molar-refractivity contribution in [2.75, 3.05) is 6.61 Å². The number of rotatable bonds is 8. The maximum Gasteiger partial charge on any atom is 0.342 e. The normalized spacial score (nSPS) is 9.33. The summed E-state index contributed by atoms with van der Waals surface area (Å²) in [7, 11) is 0. The van der Waals surface area contributed by atoms with Crippen molar-refractivity contribution in [2.45, 2.75) is 19.3 Å². The van der Waals surface area contributed by atoms with Gasteiger partial charge >= 0.3 is 11.9 Å². The third-order valence-electron chi connectivity index (χ3n) is 1.35. The average molecular weight is 216 g/mol. The van der Waals surface area contributed by atoms with Crippen molar-refractivity contribution in [3.8, 4) is 0 Å². The average Bonchev–Trinajstić information content (AvgIpc) is 2.21. The van der Waals surface area contributed by atoms with E-state index >= 15 is 0 Å². The second kappa shape index (κ2) is 7.69. The number of carbonyl (C=O) groups is 3. The topological polar surface area (TPSA) is 89.9 Å². The van der Waals surface area contributed by atoms with E-state index in [1.165, 1.54) is 0 Å². The first-order chi connectivity index (χ1) is 7.06. The van der Waals surface area contributed by atoms with Gasteiger partial charge in [-0.25, -0.2) is 4.79 Å². The number of hydrogen-bond donors (Lipinski definition) is 1.